The van der Waals surface area contributed by atoms with E-state index in [1.165, 1.54) is 11.5 Å². The Kier molecular flexibility index (Phi) is 4.72. The second-order valence-electron chi connectivity index (χ2n) is 4.88. The minimum absolute atomic E-state index is 0.257. The predicted molar refractivity (Wildman–Crippen MR) is 95.9 cm³/mol. The molecule has 4 N–H and O–H groups in total. The Morgan fingerprint density at radius 3 is 2.92 bits per heavy atom. The number of carbonyl (C=O) groups excluding carboxylic acids is 2. The molecule has 9 heteroatoms. The first-order valence-corrected chi connectivity index (χ1v) is 8.44. The summed E-state index contributed by atoms with van der Waals surface area (Å²) in [5, 5.41) is 5.36. The molecule has 0 aliphatic rings. The number of halogens is 1. The number of primary amides is 1. The molecular formula is C15H12BrN5O2S. The van der Waals surface area contributed by atoms with Crippen LogP contribution in [-0.4, -0.2) is 21.3 Å². The SMILES string of the molecule is NC(=O)NCc1cccc(C(=O)Nc2ccnc3c(Br)nsc23)c1. The van der Waals surface area contributed by atoms with Crippen molar-refractivity contribution in [3.63, 3.8) is 0 Å². The van der Waals surface area contributed by atoms with Gasteiger partial charge < -0.3 is 16.4 Å². The summed E-state index contributed by atoms with van der Waals surface area (Å²) in [5.41, 5.74) is 7.66. The maximum absolute atomic E-state index is 12.5. The van der Waals surface area contributed by atoms with Gasteiger partial charge in [-0.3, -0.25) is 9.78 Å². The van der Waals surface area contributed by atoms with Crippen LogP contribution in [0, 0.1) is 0 Å². The molecule has 0 bridgehead atoms. The fourth-order valence-electron chi connectivity index (χ4n) is 2.12. The molecule has 0 fully saturated rings. The molecule has 0 spiro atoms. The topological polar surface area (TPSA) is 110 Å². The van der Waals surface area contributed by atoms with Gasteiger partial charge in [-0.25, -0.2) is 4.79 Å². The maximum atomic E-state index is 12.5. The predicted octanol–water partition coefficient (Wildman–Crippen LogP) is 2.87. The molecule has 122 valence electrons. The van der Waals surface area contributed by atoms with Crippen molar-refractivity contribution in [2.75, 3.05) is 5.32 Å². The molecule has 3 aromatic rings. The molecule has 24 heavy (non-hydrogen) atoms. The van der Waals surface area contributed by atoms with Crippen molar-refractivity contribution in [3.05, 3.63) is 52.3 Å². The lowest BCUT2D eigenvalue weighted by Crippen LogP contribution is -2.28. The monoisotopic (exact) mass is 405 g/mol. The van der Waals surface area contributed by atoms with Crippen molar-refractivity contribution in [2.45, 2.75) is 6.54 Å². The van der Waals surface area contributed by atoms with Crippen LogP contribution in [-0.2, 0) is 6.54 Å². The average Bonchev–Trinajstić information content (AvgIpc) is 2.96. The van der Waals surface area contributed by atoms with E-state index < -0.39 is 6.03 Å². The third-order valence-corrected chi connectivity index (χ3v) is 4.88. The van der Waals surface area contributed by atoms with Crippen LogP contribution in [0.25, 0.3) is 10.2 Å². The zero-order valence-corrected chi connectivity index (χ0v) is 14.6. The number of urea groups is 1. The van der Waals surface area contributed by atoms with E-state index in [0.717, 1.165) is 10.3 Å². The van der Waals surface area contributed by atoms with Crippen molar-refractivity contribution < 1.29 is 9.59 Å². The summed E-state index contributed by atoms with van der Waals surface area (Å²) < 4.78 is 5.63. The minimum atomic E-state index is -0.611. The lowest BCUT2D eigenvalue weighted by atomic mass is 10.1. The van der Waals surface area contributed by atoms with Crippen LogP contribution in [0.5, 0.6) is 0 Å². The summed E-state index contributed by atoms with van der Waals surface area (Å²) in [5.74, 6) is -0.257. The summed E-state index contributed by atoms with van der Waals surface area (Å²) in [4.78, 5) is 27.5. The standard InChI is InChI=1S/C15H12BrN5O2S/c16-13-11-12(24-21-13)10(4-5-18-11)20-14(22)9-3-1-2-8(6-9)7-19-15(17)23/h1-6H,7H2,(H3,17,19,23)(H,18,20,22). The molecule has 0 atom stereocenters. The first kappa shape index (κ1) is 16.3. The van der Waals surface area contributed by atoms with Crippen LogP contribution in [0.3, 0.4) is 0 Å². The Morgan fingerprint density at radius 1 is 1.29 bits per heavy atom. The Morgan fingerprint density at radius 2 is 2.12 bits per heavy atom. The number of hydrogen-bond donors (Lipinski definition) is 3. The van der Waals surface area contributed by atoms with E-state index >= 15 is 0 Å². The van der Waals surface area contributed by atoms with Gasteiger partial charge in [-0.05, 0) is 51.2 Å². The summed E-state index contributed by atoms with van der Waals surface area (Å²) in [6, 6.07) is 8.06. The van der Waals surface area contributed by atoms with Gasteiger partial charge in [-0.2, -0.15) is 4.37 Å². The number of aromatic nitrogens is 2. The Hall–Kier alpha value is -2.52. The Bertz CT molecular complexity index is 927. The second-order valence-corrected chi connectivity index (χ2v) is 6.41. The van der Waals surface area contributed by atoms with E-state index in [4.69, 9.17) is 5.73 Å². The number of pyridine rings is 1. The lowest BCUT2D eigenvalue weighted by Gasteiger charge is -2.08. The first-order valence-electron chi connectivity index (χ1n) is 6.88. The quantitative estimate of drug-likeness (QED) is 0.619. The van der Waals surface area contributed by atoms with Crippen molar-refractivity contribution in [3.8, 4) is 0 Å². The van der Waals surface area contributed by atoms with Gasteiger partial charge >= 0.3 is 6.03 Å². The molecule has 0 saturated carbocycles. The Balaban J connectivity index is 1.81. The fraction of sp³-hybridized carbons (Fsp3) is 0.0667. The molecular weight excluding hydrogens is 394 g/mol. The highest BCUT2D eigenvalue weighted by Crippen LogP contribution is 2.31. The van der Waals surface area contributed by atoms with Gasteiger partial charge in [0.25, 0.3) is 5.91 Å². The number of hydrogen-bond acceptors (Lipinski definition) is 5. The zero-order chi connectivity index (χ0) is 17.1. The van der Waals surface area contributed by atoms with Gasteiger partial charge in [0.05, 0.1) is 10.4 Å². The average molecular weight is 406 g/mol. The van der Waals surface area contributed by atoms with E-state index in [2.05, 4.69) is 35.9 Å². The van der Waals surface area contributed by atoms with Gasteiger partial charge in [0.2, 0.25) is 0 Å². The van der Waals surface area contributed by atoms with Crippen LogP contribution >= 0.6 is 27.5 Å². The van der Waals surface area contributed by atoms with E-state index in [-0.39, 0.29) is 12.5 Å². The molecule has 3 rings (SSSR count). The largest absolute Gasteiger partial charge is 0.352 e. The molecule has 0 aliphatic carbocycles. The highest BCUT2D eigenvalue weighted by Gasteiger charge is 2.13. The molecule has 2 aromatic heterocycles. The molecule has 0 radical (unpaired) electrons. The number of carbonyl (C=O) groups is 2. The van der Waals surface area contributed by atoms with Gasteiger partial charge in [0, 0.05) is 18.3 Å². The second kappa shape index (κ2) is 6.93. The number of amides is 3. The van der Waals surface area contributed by atoms with Crippen molar-refractivity contribution in [1.82, 2.24) is 14.7 Å². The van der Waals surface area contributed by atoms with Crippen LogP contribution in [0.1, 0.15) is 15.9 Å². The van der Waals surface area contributed by atoms with Crippen LogP contribution in [0.15, 0.2) is 41.1 Å². The number of nitrogens with one attached hydrogen (secondary N) is 2. The van der Waals surface area contributed by atoms with Crippen molar-refractivity contribution in [2.24, 2.45) is 5.73 Å². The molecule has 3 amide bonds. The highest BCUT2D eigenvalue weighted by atomic mass is 79.9. The number of benzene rings is 1. The van der Waals surface area contributed by atoms with E-state index in [1.807, 2.05) is 0 Å². The third-order valence-electron chi connectivity index (χ3n) is 3.22. The number of nitrogens with two attached hydrogens (primary N) is 1. The van der Waals surface area contributed by atoms with Gasteiger partial charge in [0.15, 0.2) is 0 Å². The van der Waals surface area contributed by atoms with E-state index in [0.29, 0.717) is 21.4 Å². The molecule has 7 nitrogen and oxygen atoms in total. The van der Waals surface area contributed by atoms with Gasteiger partial charge in [0.1, 0.15) is 10.1 Å². The fourth-order valence-corrected chi connectivity index (χ4v) is 3.48. The van der Waals surface area contributed by atoms with Gasteiger partial charge in [-0.15, -0.1) is 0 Å². The molecule has 2 heterocycles. The lowest BCUT2D eigenvalue weighted by molar-refractivity contribution is 0.102. The maximum Gasteiger partial charge on any atom is 0.312 e. The summed E-state index contributed by atoms with van der Waals surface area (Å²) in [6.07, 6.45) is 1.62. The number of rotatable bonds is 4. The van der Waals surface area contributed by atoms with Crippen molar-refractivity contribution in [1.29, 1.82) is 0 Å². The van der Waals surface area contributed by atoms with Crippen molar-refractivity contribution >= 4 is 55.3 Å². The molecule has 0 unspecified atom stereocenters. The third kappa shape index (κ3) is 3.52. The van der Waals surface area contributed by atoms with Crippen LogP contribution in [0.4, 0.5) is 10.5 Å². The smallest absolute Gasteiger partial charge is 0.312 e. The Labute approximate surface area is 149 Å². The minimum Gasteiger partial charge on any atom is -0.352 e. The number of fused-ring (bicyclic) bond motifs is 1. The van der Waals surface area contributed by atoms with E-state index in [9.17, 15) is 9.59 Å². The molecule has 0 aliphatic heterocycles. The summed E-state index contributed by atoms with van der Waals surface area (Å²) in [7, 11) is 0. The number of anilines is 1. The summed E-state index contributed by atoms with van der Waals surface area (Å²) in [6.45, 7) is 0.262. The molecule has 0 saturated heterocycles. The first-order chi connectivity index (χ1) is 11.5. The molecule has 1 aromatic carbocycles. The zero-order valence-electron chi connectivity index (χ0n) is 12.2. The van der Waals surface area contributed by atoms with E-state index in [1.54, 1.807) is 36.5 Å². The summed E-state index contributed by atoms with van der Waals surface area (Å²) >= 11 is 4.59. The number of nitrogens with zero attached hydrogens (tertiary/aromatic N) is 2. The normalized spacial score (nSPS) is 10.5. The van der Waals surface area contributed by atoms with Crippen LogP contribution in [0.2, 0.25) is 0 Å². The van der Waals surface area contributed by atoms with Gasteiger partial charge in [-0.1, -0.05) is 12.1 Å². The van der Waals surface area contributed by atoms with Crippen LogP contribution < -0.4 is 16.4 Å². The highest BCUT2D eigenvalue weighted by molar-refractivity contribution is 9.10.